The first-order valence-corrected chi connectivity index (χ1v) is 6.94. The average molecular weight is 343 g/mol. The molecule has 0 fully saturated rings. The van der Waals surface area contributed by atoms with Gasteiger partial charge in [-0.25, -0.2) is 0 Å². The van der Waals surface area contributed by atoms with Crippen LogP contribution < -0.4 is 5.32 Å². The zero-order chi connectivity index (χ0) is 15.1. The molecule has 1 atom stereocenters. The van der Waals surface area contributed by atoms with Crippen molar-refractivity contribution in [2.75, 3.05) is 6.61 Å². The minimum absolute atomic E-state index is 0.0549. The van der Waals surface area contributed by atoms with Gasteiger partial charge in [0.05, 0.1) is 0 Å². The monoisotopic (exact) mass is 342 g/mol. The van der Waals surface area contributed by atoms with Gasteiger partial charge in [0.25, 0.3) is 5.91 Å². The molecule has 21 heavy (non-hydrogen) atoms. The minimum atomic E-state index is -1.04. The fourth-order valence-electron chi connectivity index (χ4n) is 1.88. The number of carbonyl (C=O) groups excluding carboxylic acids is 1. The molecule has 2 rings (SSSR count). The number of halogens is 1. The van der Waals surface area contributed by atoms with Crippen LogP contribution in [-0.2, 0) is 4.74 Å². The highest BCUT2D eigenvalue weighted by atomic mass is 79.9. The highest BCUT2D eigenvalue weighted by molar-refractivity contribution is 9.12. The molecule has 5 heteroatoms. The van der Waals surface area contributed by atoms with Gasteiger partial charge in [-0.05, 0) is 21.7 Å². The number of nitrogens with one attached hydrogen (secondary N) is 1. The smallest absolute Gasteiger partial charge is 0.254 e. The summed E-state index contributed by atoms with van der Waals surface area (Å²) in [6, 6.07) is 14.9. The van der Waals surface area contributed by atoms with Crippen LogP contribution in [0.25, 0.3) is 10.8 Å². The van der Waals surface area contributed by atoms with Crippen LogP contribution in [-0.4, -0.2) is 18.7 Å². The van der Waals surface area contributed by atoms with Crippen LogP contribution in [0.1, 0.15) is 10.4 Å². The number of ether oxygens (including phenoxy) is 1. The van der Waals surface area contributed by atoms with Gasteiger partial charge in [-0.1, -0.05) is 42.3 Å². The van der Waals surface area contributed by atoms with Crippen LogP contribution in [0, 0.1) is 22.1 Å². The van der Waals surface area contributed by atoms with Crippen molar-refractivity contribution in [1.82, 2.24) is 5.32 Å². The maximum Gasteiger partial charge on any atom is 0.254 e. The number of rotatable bonds is 4. The van der Waals surface area contributed by atoms with E-state index in [2.05, 4.69) is 32.0 Å². The number of benzene rings is 2. The molecule has 0 aliphatic carbocycles. The molecule has 4 nitrogen and oxygen atoms in total. The van der Waals surface area contributed by atoms with Gasteiger partial charge in [0.15, 0.2) is 0 Å². The van der Waals surface area contributed by atoms with Crippen molar-refractivity contribution in [3.8, 4) is 16.8 Å². The third-order valence-electron chi connectivity index (χ3n) is 2.80. The Kier molecular flexibility index (Phi) is 5.34. The number of hydrogen-bond donors (Lipinski definition) is 1. The van der Waals surface area contributed by atoms with Crippen molar-refractivity contribution in [2.24, 2.45) is 0 Å². The second-order valence-corrected chi connectivity index (χ2v) is 4.49. The molecule has 0 saturated heterocycles. The summed E-state index contributed by atoms with van der Waals surface area (Å²) >= 11 is 2.92. The van der Waals surface area contributed by atoms with Gasteiger partial charge in [-0.2, -0.15) is 5.26 Å². The molecule has 1 amide bonds. The van der Waals surface area contributed by atoms with E-state index < -0.39 is 6.23 Å². The Balaban J connectivity index is 2.18. The maximum absolute atomic E-state index is 12.3. The SMILES string of the molecule is N#CC(NC(=O)c1cccc2ccccc12)OCC#CBr. The molecule has 0 aliphatic rings. The summed E-state index contributed by atoms with van der Waals surface area (Å²) in [6.45, 7) is 0.0549. The second-order valence-electron chi connectivity index (χ2n) is 4.09. The Morgan fingerprint density at radius 2 is 2.05 bits per heavy atom. The van der Waals surface area contributed by atoms with Crippen LogP contribution in [0.3, 0.4) is 0 Å². The molecule has 0 aliphatic heterocycles. The van der Waals surface area contributed by atoms with E-state index in [1.807, 2.05) is 36.4 Å². The van der Waals surface area contributed by atoms with Crippen molar-refractivity contribution in [2.45, 2.75) is 6.23 Å². The fourth-order valence-corrected chi connectivity index (χ4v) is 2.00. The number of amides is 1. The molecule has 2 aromatic carbocycles. The maximum atomic E-state index is 12.3. The first-order chi connectivity index (χ1) is 10.3. The summed E-state index contributed by atoms with van der Waals surface area (Å²) in [4.78, 5) is 14.7. The topological polar surface area (TPSA) is 62.1 Å². The summed E-state index contributed by atoms with van der Waals surface area (Å²) in [5.74, 6) is 2.24. The lowest BCUT2D eigenvalue weighted by Gasteiger charge is -2.12. The highest BCUT2D eigenvalue weighted by Crippen LogP contribution is 2.18. The third-order valence-corrected chi connectivity index (χ3v) is 3.08. The lowest BCUT2D eigenvalue weighted by molar-refractivity contribution is 0.0686. The lowest BCUT2D eigenvalue weighted by Crippen LogP contribution is -2.36. The molecule has 104 valence electrons. The molecule has 0 spiro atoms. The molecule has 0 bridgehead atoms. The van der Waals surface area contributed by atoms with E-state index in [4.69, 9.17) is 10.00 Å². The van der Waals surface area contributed by atoms with E-state index >= 15 is 0 Å². The zero-order valence-electron chi connectivity index (χ0n) is 11.0. The first-order valence-electron chi connectivity index (χ1n) is 6.14. The fraction of sp³-hybridized carbons (Fsp3) is 0.125. The van der Waals surface area contributed by atoms with Gasteiger partial charge < -0.3 is 10.1 Å². The van der Waals surface area contributed by atoms with E-state index in [0.29, 0.717) is 5.56 Å². The Labute approximate surface area is 130 Å². The number of carbonyl (C=O) groups is 1. The summed E-state index contributed by atoms with van der Waals surface area (Å²) < 4.78 is 5.14. The Morgan fingerprint density at radius 1 is 1.29 bits per heavy atom. The zero-order valence-corrected chi connectivity index (χ0v) is 12.6. The first kappa shape index (κ1) is 15.1. The molecule has 2 aromatic rings. The summed E-state index contributed by atoms with van der Waals surface area (Å²) in [6.07, 6.45) is -1.04. The number of nitriles is 1. The number of hydrogen-bond acceptors (Lipinski definition) is 3. The number of fused-ring (bicyclic) bond motifs is 1. The van der Waals surface area contributed by atoms with Crippen LogP contribution >= 0.6 is 15.9 Å². The van der Waals surface area contributed by atoms with E-state index in [9.17, 15) is 4.79 Å². The van der Waals surface area contributed by atoms with Crippen LogP contribution in [0.4, 0.5) is 0 Å². The van der Waals surface area contributed by atoms with Crippen molar-refractivity contribution in [3.05, 3.63) is 48.0 Å². The van der Waals surface area contributed by atoms with Crippen LogP contribution in [0.2, 0.25) is 0 Å². The minimum Gasteiger partial charge on any atom is -0.332 e. The van der Waals surface area contributed by atoms with Crippen molar-refractivity contribution in [1.29, 1.82) is 5.26 Å². The molecule has 1 unspecified atom stereocenters. The van der Waals surface area contributed by atoms with E-state index in [-0.39, 0.29) is 12.5 Å². The van der Waals surface area contributed by atoms with Gasteiger partial charge >= 0.3 is 0 Å². The average Bonchev–Trinajstić information content (AvgIpc) is 2.53. The normalized spacial score (nSPS) is 11.0. The van der Waals surface area contributed by atoms with Crippen molar-refractivity contribution in [3.63, 3.8) is 0 Å². The Hall–Kier alpha value is -2.34. The Morgan fingerprint density at radius 3 is 2.81 bits per heavy atom. The molecule has 1 N–H and O–H groups in total. The second kappa shape index (κ2) is 7.44. The molecule has 0 heterocycles. The van der Waals surface area contributed by atoms with Crippen LogP contribution in [0.5, 0.6) is 0 Å². The predicted molar refractivity (Wildman–Crippen MR) is 83.5 cm³/mol. The standard InChI is InChI=1S/C16H11BrN2O2/c17-9-4-10-21-15(11-18)19-16(20)14-8-3-6-12-5-1-2-7-13(12)14/h1-3,5-8,15H,10H2,(H,19,20). The predicted octanol–water partition coefficient (Wildman–Crippen LogP) is 2.79. The lowest BCUT2D eigenvalue weighted by atomic mass is 10.0. The van der Waals surface area contributed by atoms with Gasteiger partial charge in [-0.3, -0.25) is 4.79 Å². The molecule has 0 aromatic heterocycles. The molecule has 0 radical (unpaired) electrons. The van der Waals surface area contributed by atoms with Crippen molar-refractivity contribution >= 4 is 32.6 Å². The highest BCUT2D eigenvalue weighted by Gasteiger charge is 2.15. The van der Waals surface area contributed by atoms with E-state index in [1.165, 1.54) is 0 Å². The number of nitrogens with zero attached hydrogens (tertiary/aromatic N) is 1. The summed E-state index contributed by atoms with van der Waals surface area (Å²) in [5.41, 5.74) is 0.503. The van der Waals surface area contributed by atoms with Gasteiger partial charge in [0.1, 0.15) is 12.7 Å². The molecular formula is C16H11BrN2O2. The van der Waals surface area contributed by atoms with E-state index in [1.54, 1.807) is 12.1 Å². The van der Waals surface area contributed by atoms with Gasteiger partial charge in [0.2, 0.25) is 6.23 Å². The van der Waals surface area contributed by atoms with Crippen molar-refractivity contribution < 1.29 is 9.53 Å². The summed E-state index contributed by atoms with van der Waals surface area (Å²) in [5, 5.41) is 13.3. The quantitative estimate of drug-likeness (QED) is 0.686. The third kappa shape index (κ3) is 3.82. The Bertz CT molecular complexity index is 751. The summed E-state index contributed by atoms with van der Waals surface area (Å²) in [7, 11) is 0. The van der Waals surface area contributed by atoms with Gasteiger partial charge in [0, 0.05) is 21.5 Å². The molecular weight excluding hydrogens is 332 g/mol. The van der Waals surface area contributed by atoms with Crippen LogP contribution in [0.15, 0.2) is 42.5 Å². The molecule has 0 saturated carbocycles. The van der Waals surface area contributed by atoms with E-state index in [0.717, 1.165) is 10.8 Å². The van der Waals surface area contributed by atoms with Gasteiger partial charge in [-0.15, -0.1) is 0 Å². The largest absolute Gasteiger partial charge is 0.332 e.